The van der Waals surface area contributed by atoms with E-state index >= 15 is 0 Å². The van der Waals surface area contributed by atoms with Crippen LogP contribution in [0.5, 0.6) is 0 Å². The van der Waals surface area contributed by atoms with Crippen molar-refractivity contribution >= 4 is 23.6 Å². The molecule has 1 saturated heterocycles. The van der Waals surface area contributed by atoms with Crippen molar-refractivity contribution in [3.8, 4) is 0 Å². The molecule has 1 aliphatic heterocycles. The van der Waals surface area contributed by atoms with E-state index in [1.165, 1.54) is 26.4 Å². The molecule has 1 amide bonds. The molecule has 2 unspecified atom stereocenters. The van der Waals surface area contributed by atoms with Crippen molar-refractivity contribution in [2.45, 2.75) is 117 Å². The molecule has 7 rings (SSSR count). The smallest absolute Gasteiger partial charge is 0.345 e. The van der Waals surface area contributed by atoms with Gasteiger partial charge in [-0.05, 0) is 94.2 Å². The summed E-state index contributed by atoms with van der Waals surface area (Å²) < 4.78 is 36.8. The zero-order valence-electron chi connectivity index (χ0n) is 24.0. The number of thioether (sulfide) groups is 1. The number of hydrogen-bond acceptors (Lipinski definition) is 7. The predicted molar refractivity (Wildman–Crippen MR) is 152 cm³/mol. The van der Waals surface area contributed by atoms with Gasteiger partial charge in [0.05, 0.1) is 24.7 Å². The number of carbonyl (C=O) groups excluding carboxylic acids is 2. The second-order valence-electron chi connectivity index (χ2n) is 13.3. The monoisotopic (exact) mass is 591 g/mol. The molecular formula is C31H43F2N3O4S. The topological polar surface area (TPSA) is 89.6 Å². The molecule has 2 heterocycles. The number of halogens is 2. The second kappa shape index (κ2) is 12.1. The second-order valence-corrected chi connectivity index (χ2v) is 14.6. The summed E-state index contributed by atoms with van der Waals surface area (Å²) >= 11 is 1.71. The van der Waals surface area contributed by atoms with E-state index in [1.54, 1.807) is 11.8 Å². The maximum atomic E-state index is 13.9. The van der Waals surface area contributed by atoms with Crippen LogP contribution in [0, 0.1) is 17.8 Å². The van der Waals surface area contributed by atoms with Gasteiger partial charge in [0.15, 0.2) is 0 Å². The van der Waals surface area contributed by atoms with Crippen molar-refractivity contribution in [2.75, 3.05) is 20.2 Å². The molecule has 3 atom stereocenters. The average Bonchev–Trinajstić information content (AvgIpc) is 2.95. The van der Waals surface area contributed by atoms with Crippen LogP contribution in [-0.4, -0.2) is 60.6 Å². The third-order valence-electron chi connectivity index (χ3n) is 10.5. The van der Waals surface area contributed by atoms with Gasteiger partial charge in [-0.15, -0.1) is 11.8 Å². The Balaban J connectivity index is 1.26. The SMILES string of the molecule is COC(=O)C[C@@]1(c2ccc(C(=O)NC3C4CC5CC3CC(OC(F)F)(C5)C4)c(SC3CCCCC3)n2)CCCNC1. The molecule has 5 saturated carbocycles. The van der Waals surface area contributed by atoms with E-state index in [0.717, 1.165) is 55.8 Å². The van der Waals surface area contributed by atoms with Gasteiger partial charge in [-0.3, -0.25) is 9.59 Å². The van der Waals surface area contributed by atoms with Crippen LogP contribution in [0.1, 0.15) is 99.5 Å². The van der Waals surface area contributed by atoms with Gasteiger partial charge in [0, 0.05) is 28.9 Å². The summed E-state index contributed by atoms with van der Waals surface area (Å²) in [4.78, 5) is 31.6. The summed E-state index contributed by atoms with van der Waals surface area (Å²) in [5.41, 5.74) is 0.209. The van der Waals surface area contributed by atoms with Crippen molar-refractivity contribution in [2.24, 2.45) is 17.8 Å². The highest BCUT2D eigenvalue weighted by atomic mass is 32.2. The van der Waals surface area contributed by atoms with Crippen molar-refractivity contribution < 1.29 is 27.8 Å². The number of amides is 1. The number of nitrogens with one attached hydrogen (secondary N) is 2. The molecule has 10 heteroatoms. The lowest BCUT2D eigenvalue weighted by atomic mass is 9.52. The minimum absolute atomic E-state index is 0.0335. The van der Waals surface area contributed by atoms with Gasteiger partial charge in [-0.2, -0.15) is 8.78 Å². The summed E-state index contributed by atoms with van der Waals surface area (Å²) in [6.07, 6.45) is 11.6. The molecule has 0 spiro atoms. The molecule has 0 radical (unpaired) electrons. The zero-order valence-corrected chi connectivity index (χ0v) is 24.8. The Morgan fingerprint density at radius 1 is 1.12 bits per heavy atom. The van der Waals surface area contributed by atoms with E-state index in [0.29, 0.717) is 42.5 Å². The predicted octanol–water partition coefficient (Wildman–Crippen LogP) is 5.61. The third-order valence-corrected chi connectivity index (χ3v) is 11.9. The lowest BCUT2D eigenvalue weighted by Crippen LogP contribution is -2.62. The molecule has 6 aliphatic rings. The molecule has 6 fully saturated rings. The van der Waals surface area contributed by atoms with E-state index in [-0.39, 0.29) is 36.2 Å². The lowest BCUT2D eigenvalue weighted by Gasteiger charge is -2.59. The first-order valence-electron chi connectivity index (χ1n) is 15.5. The van der Waals surface area contributed by atoms with Crippen molar-refractivity contribution in [3.05, 3.63) is 23.4 Å². The Morgan fingerprint density at radius 3 is 2.54 bits per heavy atom. The number of esters is 1. The summed E-state index contributed by atoms with van der Waals surface area (Å²) in [5, 5.41) is 7.95. The molecule has 0 aromatic carbocycles. The summed E-state index contributed by atoms with van der Waals surface area (Å²) in [6.45, 7) is -1.21. The summed E-state index contributed by atoms with van der Waals surface area (Å²) in [5.74, 6) is 0.319. The highest BCUT2D eigenvalue weighted by Crippen LogP contribution is 2.57. The molecule has 1 aromatic heterocycles. The fraction of sp³-hybridized carbons (Fsp3) is 0.774. The van der Waals surface area contributed by atoms with Crippen LogP contribution < -0.4 is 10.6 Å². The number of rotatable bonds is 9. The average molecular weight is 592 g/mol. The number of carbonyl (C=O) groups is 2. The maximum Gasteiger partial charge on any atom is 0.345 e. The van der Waals surface area contributed by atoms with Crippen LogP contribution in [-0.2, 0) is 19.7 Å². The van der Waals surface area contributed by atoms with E-state index in [2.05, 4.69) is 10.6 Å². The van der Waals surface area contributed by atoms with Gasteiger partial charge in [-0.1, -0.05) is 19.3 Å². The molecular weight excluding hydrogens is 548 g/mol. The zero-order chi connectivity index (χ0) is 28.6. The van der Waals surface area contributed by atoms with Gasteiger partial charge < -0.3 is 20.1 Å². The van der Waals surface area contributed by atoms with Gasteiger partial charge in [0.1, 0.15) is 5.03 Å². The first-order valence-corrected chi connectivity index (χ1v) is 16.4. The van der Waals surface area contributed by atoms with Crippen molar-refractivity contribution in [3.63, 3.8) is 0 Å². The van der Waals surface area contributed by atoms with Crippen LogP contribution in [0.15, 0.2) is 17.2 Å². The number of pyridine rings is 1. The van der Waals surface area contributed by atoms with Crippen LogP contribution in [0.2, 0.25) is 0 Å². The van der Waals surface area contributed by atoms with E-state index in [9.17, 15) is 18.4 Å². The summed E-state index contributed by atoms with van der Waals surface area (Å²) in [7, 11) is 1.42. The lowest BCUT2D eigenvalue weighted by molar-refractivity contribution is -0.260. The molecule has 1 aromatic rings. The van der Waals surface area contributed by atoms with Gasteiger partial charge in [0.25, 0.3) is 5.91 Å². The van der Waals surface area contributed by atoms with Crippen LogP contribution >= 0.6 is 11.8 Å². The quantitative estimate of drug-likeness (QED) is 0.361. The Hall–Kier alpha value is -1.78. The van der Waals surface area contributed by atoms with Crippen LogP contribution in [0.25, 0.3) is 0 Å². The number of alkyl halides is 2. The first kappa shape index (κ1) is 29.3. The summed E-state index contributed by atoms with van der Waals surface area (Å²) in [6, 6.07) is 3.79. The normalized spacial score (nSPS) is 35.0. The van der Waals surface area contributed by atoms with Crippen LogP contribution in [0.3, 0.4) is 0 Å². The van der Waals surface area contributed by atoms with E-state index in [4.69, 9.17) is 14.5 Å². The Bertz CT molecular complexity index is 1100. The fourth-order valence-corrected chi connectivity index (χ4v) is 10.2. The Labute approximate surface area is 245 Å². The fourth-order valence-electron chi connectivity index (χ4n) is 8.86. The Morgan fingerprint density at radius 2 is 1.88 bits per heavy atom. The molecule has 41 heavy (non-hydrogen) atoms. The van der Waals surface area contributed by atoms with Crippen LogP contribution in [0.4, 0.5) is 8.78 Å². The standard InChI is InChI=1S/C31H43F2N3O4S/c1-39-25(37)17-30(10-5-11-34-18-30)24-9-8-23(28(35-24)41-22-6-3-2-4-7-22)27(38)36-26-20-12-19-13-21(26)16-31(14-19,15-20)40-29(32)33/h8-9,19-22,26,29,34H,2-7,10-18H2,1H3,(H,36,38)/t19?,20?,21?,26?,30-,31?/m0/s1. The molecule has 5 aliphatic carbocycles. The number of methoxy groups -OCH3 is 1. The highest BCUT2D eigenvalue weighted by Gasteiger charge is 2.57. The third kappa shape index (κ3) is 6.16. The number of aromatic nitrogens is 1. The van der Waals surface area contributed by atoms with Crippen molar-refractivity contribution in [1.29, 1.82) is 0 Å². The molecule has 7 nitrogen and oxygen atoms in total. The van der Waals surface area contributed by atoms with Gasteiger partial charge >= 0.3 is 12.6 Å². The van der Waals surface area contributed by atoms with Gasteiger partial charge in [-0.25, -0.2) is 4.98 Å². The minimum atomic E-state index is -2.76. The van der Waals surface area contributed by atoms with E-state index < -0.39 is 17.6 Å². The Kier molecular flexibility index (Phi) is 8.63. The number of ether oxygens (including phenoxy) is 2. The van der Waals surface area contributed by atoms with Crippen molar-refractivity contribution in [1.82, 2.24) is 15.6 Å². The first-order chi connectivity index (χ1) is 19.8. The van der Waals surface area contributed by atoms with E-state index in [1.807, 2.05) is 12.1 Å². The molecule has 4 bridgehead atoms. The number of piperidine rings is 1. The number of nitrogens with zero attached hydrogens (tertiary/aromatic N) is 1. The largest absolute Gasteiger partial charge is 0.469 e. The van der Waals surface area contributed by atoms with Gasteiger partial charge in [0.2, 0.25) is 0 Å². The molecule has 2 N–H and O–H groups in total. The minimum Gasteiger partial charge on any atom is -0.469 e. The maximum absolute atomic E-state index is 13.9. The number of hydrogen-bond donors (Lipinski definition) is 2. The highest BCUT2D eigenvalue weighted by molar-refractivity contribution is 7.99. The molecule has 226 valence electrons.